The molecule has 0 radical (unpaired) electrons. The van der Waals surface area contributed by atoms with Gasteiger partial charge in [0.15, 0.2) is 0 Å². The summed E-state index contributed by atoms with van der Waals surface area (Å²) in [6.07, 6.45) is 3.94. The summed E-state index contributed by atoms with van der Waals surface area (Å²) in [6.45, 7) is 0. The molecule has 25 heavy (non-hydrogen) atoms. The minimum Gasteiger partial charge on any atom is -0.478 e. The highest BCUT2D eigenvalue weighted by Crippen LogP contribution is 2.41. The molecule has 1 aromatic rings. The van der Waals surface area contributed by atoms with Crippen molar-refractivity contribution in [2.75, 3.05) is 4.90 Å². The maximum absolute atomic E-state index is 11.7. The molecule has 1 spiro atoms. The topological polar surface area (TPSA) is 160 Å². The molecular formula is C15H18N6O4. The molecule has 132 valence electrons. The zero-order valence-electron chi connectivity index (χ0n) is 13.4. The molecule has 1 aliphatic carbocycles. The smallest absolute Gasteiger partial charge is 0.337 e. The molecular weight excluding hydrogens is 328 g/mol. The summed E-state index contributed by atoms with van der Waals surface area (Å²) in [7, 11) is 0. The number of rotatable bonds is 3. The number of anilines is 1. The predicted octanol–water partition coefficient (Wildman–Crippen LogP) is 1.40. The lowest BCUT2D eigenvalue weighted by Crippen LogP contribution is -2.58. The van der Waals surface area contributed by atoms with Crippen molar-refractivity contribution in [3.63, 3.8) is 0 Å². The zero-order chi connectivity index (χ0) is 18.2. The maximum atomic E-state index is 11.7. The second-order valence-corrected chi connectivity index (χ2v) is 6.08. The number of nitrogens with zero attached hydrogens (tertiary/aromatic N) is 4. The van der Waals surface area contributed by atoms with Crippen LogP contribution < -0.4 is 16.4 Å². The van der Waals surface area contributed by atoms with Crippen LogP contribution in [-0.4, -0.2) is 33.6 Å². The molecule has 1 aromatic carbocycles. The maximum Gasteiger partial charge on any atom is 0.337 e. The summed E-state index contributed by atoms with van der Waals surface area (Å²) in [6, 6.07) is 3.54. The Morgan fingerprint density at radius 3 is 2.56 bits per heavy atom. The number of hydrogen-bond acceptors (Lipinski definition) is 8. The van der Waals surface area contributed by atoms with E-state index >= 15 is 0 Å². The molecule has 0 saturated heterocycles. The Kier molecular flexibility index (Phi) is 4.03. The largest absolute Gasteiger partial charge is 0.478 e. The highest BCUT2D eigenvalue weighted by molar-refractivity contribution is 6.09. The van der Waals surface area contributed by atoms with Gasteiger partial charge in [-0.3, -0.25) is 15.0 Å². The minimum absolute atomic E-state index is 0.0163. The quantitative estimate of drug-likeness (QED) is 0.550. The molecule has 1 heterocycles. The number of hydrogen-bond donors (Lipinski definition) is 3. The van der Waals surface area contributed by atoms with Crippen LogP contribution in [0.15, 0.2) is 28.2 Å². The van der Waals surface area contributed by atoms with Crippen molar-refractivity contribution in [3.8, 4) is 0 Å². The lowest BCUT2D eigenvalue weighted by molar-refractivity contribution is -0.384. The van der Waals surface area contributed by atoms with E-state index in [1.54, 1.807) is 0 Å². The van der Waals surface area contributed by atoms with Crippen LogP contribution in [0.3, 0.4) is 0 Å². The summed E-state index contributed by atoms with van der Waals surface area (Å²) < 4.78 is 0. The average Bonchev–Trinajstić information content (AvgIpc) is 2.54. The van der Waals surface area contributed by atoms with E-state index in [4.69, 9.17) is 11.5 Å². The van der Waals surface area contributed by atoms with Crippen LogP contribution in [0.25, 0.3) is 0 Å². The zero-order valence-corrected chi connectivity index (χ0v) is 13.4. The summed E-state index contributed by atoms with van der Waals surface area (Å²) in [4.78, 5) is 32.1. The van der Waals surface area contributed by atoms with E-state index in [0.717, 1.165) is 25.3 Å². The van der Waals surface area contributed by atoms with Gasteiger partial charge < -0.3 is 16.6 Å². The molecule has 0 bridgehead atoms. The number of nitrogens with two attached hydrogens (primary N) is 2. The fourth-order valence-corrected chi connectivity index (χ4v) is 3.47. The Labute approximate surface area is 143 Å². The normalized spacial score (nSPS) is 19.3. The van der Waals surface area contributed by atoms with Gasteiger partial charge in [0.05, 0.1) is 16.2 Å². The van der Waals surface area contributed by atoms with Crippen LogP contribution in [0.2, 0.25) is 0 Å². The van der Waals surface area contributed by atoms with Gasteiger partial charge in [0.25, 0.3) is 5.69 Å². The van der Waals surface area contributed by atoms with E-state index in [2.05, 4.69) is 9.98 Å². The Morgan fingerprint density at radius 1 is 1.28 bits per heavy atom. The first-order valence-corrected chi connectivity index (χ1v) is 7.85. The van der Waals surface area contributed by atoms with Crippen molar-refractivity contribution < 1.29 is 14.8 Å². The number of carbonyl (C=O) groups is 1. The SMILES string of the molecule is NC1=NC2(CCCCC2)N(c2cc([N+](=O)[O-])ccc2C(=O)O)C(N)=N1. The number of aliphatic imine (C=N–C) groups is 2. The van der Waals surface area contributed by atoms with Gasteiger partial charge in [0.1, 0.15) is 5.66 Å². The fourth-order valence-electron chi connectivity index (χ4n) is 3.47. The van der Waals surface area contributed by atoms with Crippen molar-refractivity contribution in [2.45, 2.75) is 37.8 Å². The highest BCUT2D eigenvalue weighted by atomic mass is 16.6. The van der Waals surface area contributed by atoms with Crippen molar-refractivity contribution >= 4 is 29.3 Å². The molecule has 10 heteroatoms. The number of benzene rings is 1. The second kappa shape index (κ2) is 6.04. The Morgan fingerprint density at radius 2 is 1.96 bits per heavy atom. The van der Waals surface area contributed by atoms with Gasteiger partial charge in [-0.05, 0) is 31.7 Å². The van der Waals surface area contributed by atoms with Gasteiger partial charge in [0, 0.05) is 12.1 Å². The van der Waals surface area contributed by atoms with Crippen LogP contribution in [-0.2, 0) is 0 Å². The highest BCUT2D eigenvalue weighted by Gasteiger charge is 2.44. The number of aromatic carboxylic acids is 1. The predicted molar refractivity (Wildman–Crippen MR) is 91.6 cm³/mol. The van der Waals surface area contributed by atoms with E-state index in [1.807, 2.05) is 0 Å². The molecule has 1 fully saturated rings. The number of nitro groups is 1. The van der Waals surface area contributed by atoms with E-state index < -0.39 is 16.6 Å². The molecule has 1 saturated carbocycles. The van der Waals surface area contributed by atoms with E-state index in [-0.39, 0.29) is 28.9 Å². The van der Waals surface area contributed by atoms with Gasteiger partial charge in [0.2, 0.25) is 11.9 Å². The monoisotopic (exact) mass is 346 g/mol. The van der Waals surface area contributed by atoms with Gasteiger partial charge in [-0.25, -0.2) is 9.79 Å². The molecule has 5 N–H and O–H groups in total. The first-order chi connectivity index (χ1) is 11.8. The lowest BCUT2D eigenvalue weighted by Gasteiger charge is -2.45. The molecule has 0 amide bonds. The first-order valence-electron chi connectivity index (χ1n) is 7.85. The van der Waals surface area contributed by atoms with Gasteiger partial charge in [-0.2, -0.15) is 4.99 Å². The van der Waals surface area contributed by atoms with Crippen LogP contribution >= 0.6 is 0 Å². The molecule has 3 rings (SSSR count). The third kappa shape index (κ3) is 2.86. The van der Waals surface area contributed by atoms with Crippen molar-refractivity contribution in [2.24, 2.45) is 21.5 Å². The first kappa shape index (κ1) is 16.7. The third-order valence-electron chi connectivity index (χ3n) is 4.51. The fraction of sp³-hybridized carbons (Fsp3) is 0.400. The molecule has 0 unspecified atom stereocenters. The minimum atomic E-state index is -1.22. The van der Waals surface area contributed by atoms with E-state index in [0.29, 0.717) is 12.8 Å². The number of guanidine groups is 2. The van der Waals surface area contributed by atoms with Crippen LogP contribution in [0, 0.1) is 10.1 Å². The standard InChI is InChI=1S/C15H18N6O4/c16-13-18-14(17)20(15(19-13)6-2-1-3-7-15)11-8-9(21(24)25)4-5-10(11)12(22)23/h4-5,8H,1-3,6-7H2,(H,22,23)(H4,16,17,18,19). The van der Waals surface area contributed by atoms with Gasteiger partial charge in [-0.1, -0.05) is 6.42 Å². The van der Waals surface area contributed by atoms with Crippen molar-refractivity contribution in [1.82, 2.24) is 0 Å². The number of carboxylic acids is 1. The molecule has 1 aliphatic heterocycles. The molecule has 0 atom stereocenters. The number of nitro benzene ring substituents is 1. The van der Waals surface area contributed by atoms with E-state index in [9.17, 15) is 20.0 Å². The summed E-state index contributed by atoms with van der Waals surface area (Å²) >= 11 is 0. The van der Waals surface area contributed by atoms with Crippen molar-refractivity contribution in [3.05, 3.63) is 33.9 Å². The molecule has 10 nitrogen and oxygen atoms in total. The summed E-state index contributed by atoms with van der Waals surface area (Å²) in [5, 5.41) is 20.7. The lowest BCUT2D eigenvalue weighted by atomic mass is 9.87. The second-order valence-electron chi connectivity index (χ2n) is 6.08. The average molecular weight is 346 g/mol. The van der Waals surface area contributed by atoms with Crippen LogP contribution in [0.1, 0.15) is 42.5 Å². The summed E-state index contributed by atoms with van der Waals surface area (Å²) in [5.74, 6) is -1.21. The van der Waals surface area contributed by atoms with E-state index in [1.165, 1.54) is 17.0 Å². The molecule has 2 aliphatic rings. The number of non-ortho nitro benzene ring substituents is 1. The number of carboxylic acid groups (broad SMARTS) is 1. The Bertz CT molecular complexity index is 797. The van der Waals surface area contributed by atoms with Crippen LogP contribution in [0.5, 0.6) is 0 Å². The van der Waals surface area contributed by atoms with Crippen molar-refractivity contribution in [1.29, 1.82) is 0 Å². The Hall–Kier alpha value is -3.17. The third-order valence-corrected chi connectivity index (χ3v) is 4.51. The van der Waals surface area contributed by atoms with Crippen LogP contribution in [0.4, 0.5) is 11.4 Å². The molecule has 0 aromatic heterocycles. The summed E-state index contributed by atoms with van der Waals surface area (Å²) in [5.41, 5.74) is 10.7. The Balaban J connectivity index is 2.21. The van der Waals surface area contributed by atoms with Gasteiger partial charge in [-0.15, -0.1) is 0 Å². The van der Waals surface area contributed by atoms with Gasteiger partial charge >= 0.3 is 5.97 Å².